The van der Waals surface area contributed by atoms with Crippen molar-refractivity contribution >= 4 is 17.6 Å². The van der Waals surface area contributed by atoms with Gasteiger partial charge in [-0.2, -0.15) is 0 Å². The van der Waals surface area contributed by atoms with Crippen LogP contribution in [0.25, 0.3) is 0 Å². The lowest BCUT2D eigenvalue weighted by molar-refractivity contribution is -0.120. The van der Waals surface area contributed by atoms with Gasteiger partial charge in [-0.15, -0.1) is 0 Å². The van der Waals surface area contributed by atoms with Gasteiger partial charge < -0.3 is 15.2 Å². The van der Waals surface area contributed by atoms with Gasteiger partial charge in [0.2, 0.25) is 5.91 Å². The highest BCUT2D eigenvalue weighted by Crippen LogP contribution is 2.28. The molecule has 0 unspecified atom stereocenters. The molecule has 6 heteroatoms. The maximum Gasteiger partial charge on any atom is 0.335 e. The van der Waals surface area contributed by atoms with Crippen LogP contribution in [0.3, 0.4) is 0 Å². The molecule has 0 aromatic heterocycles. The summed E-state index contributed by atoms with van der Waals surface area (Å²) in [6, 6.07) is 3.31. The molecule has 1 amide bonds. The Hall–Kier alpha value is -1.95. The van der Waals surface area contributed by atoms with Gasteiger partial charge in [0, 0.05) is 0 Å². The summed E-state index contributed by atoms with van der Waals surface area (Å²) in [6.07, 6.45) is 2.26. The van der Waals surface area contributed by atoms with Gasteiger partial charge >= 0.3 is 5.97 Å². The fourth-order valence-corrected chi connectivity index (χ4v) is 1.54. The number of ether oxygens (including phenoxy) is 1. The second kappa shape index (κ2) is 5.79. The number of nitrogens with one attached hydrogen (secondary N) is 1. The fraction of sp³-hybridized carbons (Fsp3) is 0.385. The van der Waals surface area contributed by atoms with Crippen molar-refractivity contribution in [3.8, 4) is 0 Å². The molecular formula is C13H14FNO4. The molecule has 2 N–H and O–H groups in total. The molecule has 0 radical (unpaired) electrons. The van der Waals surface area contributed by atoms with Crippen LogP contribution < -0.4 is 5.32 Å². The first-order chi connectivity index (χ1) is 9.06. The average molecular weight is 267 g/mol. The molecule has 5 nitrogen and oxygen atoms in total. The van der Waals surface area contributed by atoms with E-state index in [1.165, 1.54) is 12.1 Å². The summed E-state index contributed by atoms with van der Waals surface area (Å²) < 4.78 is 18.7. The third-order valence-corrected chi connectivity index (χ3v) is 2.77. The molecule has 1 aliphatic carbocycles. The zero-order chi connectivity index (χ0) is 13.8. The first-order valence-corrected chi connectivity index (χ1v) is 5.96. The predicted molar refractivity (Wildman–Crippen MR) is 65.5 cm³/mol. The summed E-state index contributed by atoms with van der Waals surface area (Å²) in [7, 11) is 0. The minimum absolute atomic E-state index is 0.0509. The molecule has 1 aliphatic rings. The number of rotatable bonds is 6. The van der Waals surface area contributed by atoms with Crippen molar-refractivity contribution < 1.29 is 23.8 Å². The number of hydrogen-bond acceptors (Lipinski definition) is 3. The number of aromatic carboxylic acids is 1. The molecule has 0 bridgehead atoms. The first kappa shape index (κ1) is 13.5. The molecule has 0 saturated heterocycles. The highest BCUT2D eigenvalue weighted by atomic mass is 19.1. The van der Waals surface area contributed by atoms with Crippen molar-refractivity contribution in [3.05, 3.63) is 29.6 Å². The van der Waals surface area contributed by atoms with E-state index in [1.54, 1.807) is 0 Å². The van der Waals surface area contributed by atoms with Gasteiger partial charge in [-0.05, 0) is 37.0 Å². The second-order valence-corrected chi connectivity index (χ2v) is 4.51. The van der Waals surface area contributed by atoms with Crippen molar-refractivity contribution in [1.82, 2.24) is 0 Å². The normalized spacial score (nSPS) is 14.2. The zero-order valence-electron chi connectivity index (χ0n) is 10.2. The van der Waals surface area contributed by atoms with Gasteiger partial charge in [-0.1, -0.05) is 0 Å². The van der Waals surface area contributed by atoms with Crippen LogP contribution in [-0.4, -0.2) is 30.2 Å². The molecule has 1 aromatic carbocycles. The minimum Gasteiger partial charge on any atom is -0.478 e. The van der Waals surface area contributed by atoms with Crippen molar-refractivity contribution in [2.24, 2.45) is 5.92 Å². The van der Waals surface area contributed by atoms with Crippen LogP contribution in [0, 0.1) is 11.7 Å². The van der Waals surface area contributed by atoms with E-state index in [1.807, 2.05) is 0 Å². The third-order valence-electron chi connectivity index (χ3n) is 2.77. The summed E-state index contributed by atoms with van der Waals surface area (Å²) in [5, 5.41) is 11.0. The maximum atomic E-state index is 13.5. The molecule has 1 saturated carbocycles. The topological polar surface area (TPSA) is 75.6 Å². The van der Waals surface area contributed by atoms with E-state index in [4.69, 9.17) is 9.84 Å². The number of amides is 1. The van der Waals surface area contributed by atoms with E-state index in [-0.39, 0.29) is 17.9 Å². The molecule has 102 valence electrons. The smallest absolute Gasteiger partial charge is 0.335 e. The van der Waals surface area contributed by atoms with E-state index < -0.39 is 17.7 Å². The molecule has 19 heavy (non-hydrogen) atoms. The first-order valence-electron chi connectivity index (χ1n) is 5.96. The highest BCUT2D eigenvalue weighted by molar-refractivity contribution is 5.93. The number of carboxylic acids is 1. The molecular weight excluding hydrogens is 253 g/mol. The van der Waals surface area contributed by atoms with E-state index in [9.17, 15) is 14.0 Å². The predicted octanol–water partition coefficient (Wildman–Crippen LogP) is 1.89. The number of anilines is 1. The standard InChI is InChI=1S/C13H14FNO4/c14-10-5-9(13(17)18)3-4-11(10)15-12(16)7-19-6-8-1-2-8/h3-5,8H,1-2,6-7H2,(H,15,16)(H,17,18). The minimum atomic E-state index is -1.22. The van der Waals surface area contributed by atoms with Crippen molar-refractivity contribution in [2.75, 3.05) is 18.5 Å². The number of hydrogen-bond donors (Lipinski definition) is 2. The van der Waals surface area contributed by atoms with Gasteiger partial charge in [-0.25, -0.2) is 9.18 Å². The van der Waals surface area contributed by atoms with E-state index in [0.29, 0.717) is 12.5 Å². The lowest BCUT2D eigenvalue weighted by atomic mass is 10.2. The van der Waals surface area contributed by atoms with Crippen LogP contribution in [0.2, 0.25) is 0 Å². The molecule has 1 aromatic rings. The lowest BCUT2D eigenvalue weighted by Gasteiger charge is -2.07. The van der Waals surface area contributed by atoms with Gasteiger partial charge in [0.05, 0.1) is 17.9 Å². The molecule has 1 fully saturated rings. The number of carbonyl (C=O) groups excluding carboxylic acids is 1. The Morgan fingerprint density at radius 3 is 2.74 bits per heavy atom. The quantitative estimate of drug-likeness (QED) is 0.825. The van der Waals surface area contributed by atoms with Gasteiger partial charge in [0.1, 0.15) is 12.4 Å². The Morgan fingerprint density at radius 2 is 2.16 bits per heavy atom. The van der Waals surface area contributed by atoms with Crippen LogP contribution in [-0.2, 0) is 9.53 Å². The van der Waals surface area contributed by atoms with Crippen molar-refractivity contribution in [3.63, 3.8) is 0 Å². The summed E-state index contributed by atoms with van der Waals surface area (Å²) in [4.78, 5) is 22.1. The van der Waals surface area contributed by atoms with Gasteiger partial charge in [-0.3, -0.25) is 4.79 Å². The summed E-state index contributed by atoms with van der Waals surface area (Å²) in [6.45, 7) is 0.421. The largest absolute Gasteiger partial charge is 0.478 e. The summed E-state index contributed by atoms with van der Waals surface area (Å²) in [5.41, 5.74) is -0.217. The summed E-state index contributed by atoms with van der Waals surface area (Å²) >= 11 is 0. The fourth-order valence-electron chi connectivity index (χ4n) is 1.54. The number of carbonyl (C=O) groups is 2. The third kappa shape index (κ3) is 4.03. The molecule has 0 heterocycles. The monoisotopic (exact) mass is 267 g/mol. The van der Waals surface area contributed by atoms with Crippen LogP contribution in [0.5, 0.6) is 0 Å². The highest BCUT2D eigenvalue weighted by Gasteiger charge is 2.21. The second-order valence-electron chi connectivity index (χ2n) is 4.51. The Morgan fingerprint density at radius 1 is 1.42 bits per heavy atom. The van der Waals surface area contributed by atoms with E-state index >= 15 is 0 Å². The number of benzene rings is 1. The van der Waals surface area contributed by atoms with Crippen molar-refractivity contribution in [1.29, 1.82) is 0 Å². The summed E-state index contributed by atoms with van der Waals surface area (Å²) in [5.74, 6) is -1.90. The Bertz CT molecular complexity index is 499. The zero-order valence-corrected chi connectivity index (χ0v) is 10.2. The maximum absolute atomic E-state index is 13.5. The Kier molecular flexibility index (Phi) is 4.11. The number of carboxylic acid groups (broad SMARTS) is 1. The van der Waals surface area contributed by atoms with Gasteiger partial charge in [0.15, 0.2) is 0 Å². The van der Waals surface area contributed by atoms with Crippen LogP contribution >= 0.6 is 0 Å². The van der Waals surface area contributed by atoms with Crippen LogP contribution in [0.4, 0.5) is 10.1 Å². The van der Waals surface area contributed by atoms with E-state index in [0.717, 1.165) is 18.9 Å². The Labute approximate surface area is 109 Å². The lowest BCUT2D eigenvalue weighted by Crippen LogP contribution is -2.19. The SMILES string of the molecule is O=C(COCC1CC1)Nc1ccc(C(=O)O)cc1F. The number of halogens is 1. The average Bonchev–Trinajstić information content (AvgIpc) is 3.15. The van der Waals surface area contributed by atoms with Crippen LogP contribution in [0.1, 0.15) is 23.2 Å². The van der Waals surface area contributed by atoms with Crippen LogP contribution in [0.15, 0.2) is 18.2 Å². The van der Waals surface area contributed by atoms with Crippen molar-refractivity contribution in [2.45, 2.75) is 12.8 Å². The van der Waals surface area contributed by atoms with E-state index in [2.05, 4.69) is 5.32 Å². The van der Waals surface area contributed by atoms with Gasteiger partial charge in [0.25, 0.3) is 0 Å². The Balaban J connectivity index is 1.86. The molecule has 0 atom stereocenters. The molecule has 0 aliphatic heterocycles. The molecule has 0 spiro atoms. The molecule has 2 rings (SSSR count).